The lowest BCUT2D eigenvalue weighted by molar-refractivity contribution is 0.245. The maximum atomic E-state index is 10.2. The van der Waals surface area contributed by atoms with Gasteiger partial charge in [0.1, 0.15) is 23.0 Å². The number of hydrogen-bond acceptors (Lipinski definition) is 4. The molecule has 3 aromatic rings. The van der Waals surface area contributed by atoms with Crippen molar-refractivity contribution >= 4 is 0 Å². The van der Waals surface area contributed by atoms with Crippen LogP contribution in [0.2, 0.25) is 0 Å². The first kappa shape index (κ1) is 19.2. The number of methoxy groups -OCH3 is 1. The highest BCUT2D eigenvalue weighted by Gasteiger charge is 2.35. The standard InChI is InChI=1S/C25H26O4/c1-14-11-18(12-15(2)24(14)28-4)23-20-9-10-22(27)16(3)25(20)29-13-21(23)17-5-7-19(26)8-6-17/h5-12,21,23,26-27H,13H2,1-4H3/t21-,23-/m1/s1. The zero-order valence-corrected chi connectivity index (χ0v) is 17.2. The minimum atomic E-state index is 0.0610. The molecule has 0 aliphatic carbocycles. The van der Waals surface area contributed by atoms with Crippen LogP contribution in [0.5, 0.6) is 23.0 Å². The molecule has 0 unspecified atom stereocenters. The molecule has 4 nitrogen and oxygen atoms in total. The highest BCUT2D eigenvalue weighted by atomic mass is 16.5. The summed E-state index contributed by atoms with van der Waals surface area (Å²) in [4.78, 5) is 0. The molecule has 1 heterocycles. The van der Waals surface area contributed by atoms with Crippen LogP contribution < -0.4 is 9.47 Å². The van der Waals surface area contributed by atoms with Crippen LogP contribution in [0, 0.1) is 20.8 Å². The lowest BCUT2D eigenvalue weighted by Gasteiger charge is -2.36. The number of rotatable bonds is 3. The van der Waals surface area contributed by atoms with Gasteiger partial charge < -0.3 is 19.7 Å². The minimum absolute atomic E-state index is 0.0610. The third-order valence-corrected chi connectivity index (χ3v) is 5.92. The fraction of sp³-hybridized carbons (Fsp3) is 0.280. The van der Waals surface area contributed by atoms with E-state index in [9.17, 15) is 10.2 Å². The van der Waals surface area contributed by atoms with E-state index in [2.05, 4.69) is 26.0 Å². The zero-order chi connectivity index (χ0) is 20.7. The summed E-state index contributed by atoms with van der Waals surface area (Å²) in [6.07, 6.45) is 0. The largest absolute Gasteiger partial charge is 0.508 e. The van der Waals surface area contributed by atoms with Gasteiger partial charge in [0.15, 0.2) is 0 Å². The number of hydrogen-bond donors (Lipinski definition) is 2. The van der Waals surface area contributed by atoms with E-state index >= 15 is 0 Å². The Bertz CT molecular complexity index is 1030. The molecule has 0 spiro atoms. The molecule has 2 N–H and O–H groups in total. The number of phenolic OH excluding ortho intramolecular Hbond substituents is 2. The molecule has 29 heavy (non-hydrogen) atoms. The summed E-state index contributed by atoms with van der Waals surface area (Å²) in [6.45, 7) is 6.51. The van der Waals surface area contributed by atoms with Crippen LogP contribution in [-0.2, 0) is 0 Å². The van der Waals surface area contributed by atoms with E-state index in [4.69, 9.17) is 9.47 Å². The van der Waals surface area contributed by atoms with Crippen LogP contribution in [0.1, 0.15) is 45.2 Å². The van der Waals surface area contributed by atoms with Crippen LogP contribution in [0.4, 0.5) is 0 Å². The van der Waals surface area contributed by atoms with Gasteiger partial charge in [-0.05, 0) is 61.2 Å². The number of aryl methyl sites for hydroxylation is 2. The summed E-state index contributed by atoms with van der Waals surface area (Å²) in [5, 5.41) is 19.9. The van der Waals surface area contributed by atoms with Gasteiger partial charge in [0, 0.05) is 23.0 Å². The third kappa shape index (κ3) is 3.29. The first-order valence-corrected chi connectivity index (χ1v) is 9.80. The van der Waals surface area contributed by atoms with Crippen molar-refractivity contribution < 1.29 is 19.7 Å². The van der Waals surface area contributed by atoms with Crippen molar-refractivity contribution in [2.24, 2.45) is 0 Å². The lowest BCUT2D eigenvalue weighted by atomic mass is 9.74. The Balaban J connectivity index is 1.92. The lowest BCUT2D eigenvalue weighted by Crippen LogP contribution is -2.26. The second kappa shape index (κ2) is 7.36. The monoisotopic (exact) mass is 390 g/mol. The van der Waals surface area contributed by atoms with Gasteiger partial charge in [0.05, 0.1) is 13.7 Å². The first-order valence-electron chi connectivity index (χ1n) is 9.80. The van der Waals surface area contributed by atoms with E-state index in [0.717, 1.165) is 39.3 Å². The van der Waals surface area contributed by atoms with Gasteiger partial charge in [-0.2, -0.15) is 0 Å². The quantitative estimate of drug-likeness (QED) is 0.634. The normalized spacial score (nSPS) is 18.1. The van der Waals surface area contributed by atoms with Gasteiger partial charge in [0.2, 0.25) is 0 Å². The number of phenols is 2. The number of ether oxygens (including phenoxy) is 2. The van der Waals surface area contributed by atoms with Crippen molar-refractivity contribution in [3.63, 3.8) is 0 Å². The summed E-state index contributed by atoms with van der Waals surface area (Å²) >= 11 is 0. The second-order valence-electron chi connectivity index (χ2n) is 7.80. The van der Waals surface area contributed by atoms with Gasteiger partial charge in [-0.15, -0.1) is 0 Å². The van der Waals surface area contributed by atoms with Crippen LogP contribution in [0.15, 0.2) is 48.5 Å². The third-order valence-electron chi connectivity index (χ3n) is 5.92. The molecule has 4 heteroatoms. The van der Waals surface area contributed by atoms with Crippen molar-refractivity contribution in [1.82, 2.24) is 0 Å². The Kier molecular flexibility index (Phi) is 4.87. The summed E-state index contributed by atoms with van der Waals surface area (Å²) < 4.78 is 11.7. The van der Waals surface area contributed by atoms with Gasteiger partial charge in [-0.3, -0.25) is 0 Å². The summed E-state index contributed by atoms with van der Waals surface area (Å²) in [5.41, 5.74) is 6.31. The van der Waals surface area contributed by atoms with Gasteiger partial charge in [-0.1, -0.05) is 30.3 Å². The Morgan fingerprint density at radius 3 is 2.17 bits per heavy atom. The van der Waals surface area contributed by atoms with E-state index in [0.29, 0.717) is 6.61 Å². The van der Waals surface area contributed by atoms with Gasteiger partial charge in [-0.25, -0.2) is 0 Å². The van der Waals surface area contributed by atoms with Crippen molar-refractivity contribution in [3.05, 3.63) is 81.9 Å². The molecule has 0 saturated carbocycles. The SMILES string of the molecule is COc1c(C)cc([C@@H]2c3ccc(O)c(C)c3OC[C@@H]2c2ccc(O)cc2)cc1C. The molecule has 4 rings (SSSR count). The molecule has 0 amide bonds. The van der Waals surface area contributed by atoms with Crippen LogP contribution in [0.25, 0.3) is 0 Å². The van der Waals surface area contributed by atoms with E-state index in [1.807, 2.05) is 25.1 Å². The van der Waals surface area contributed by atoms with Crippen molar-refractivity contribution in [2.45, 2.75) is 32.6 Å². The highest BCUT2D eigenvalue weighted by molar-refractivity contribution is 5.57. The van der Waals surface area contributed by atoms with E-state index in [1.54, 1.807) is 25.3 Å². The highest BCUT2D eigenvalue weighted by Crippen LogP contribution is 2.49. The molecule has 0 saturated heterocycles. The Hall–Kier alpha value is -3.14. The van der Waals surface area contributed by atoms with Crippen LogP contribution >= 0.6 is 0 Å². The molecule has 150 valence electrons. The fourth-order valence-corrected chi connectivity index (χ4v) is 4.53. The molecular formula is C25H26O4. The predicted octanol–water partition coefficient (Wildman–Crippen LogP) is 5.34. The van der Waals surface area contributed by atoms with E-state index in [-0.39, 0.29) is 23.3 Å². The molecule has 0 bridgehead atoms. The van der Waals surface area contributed by atoms with Gasteiger partial charge >= 0.3 is 0 Å². The summed E-state index contributed by atoms with van der Waals surface area (Å²) in [6, 6.07) is 15.4. The summed E-state index contributed by atoms with van der Waals surface area (Å²) in [5.74, 6) is 2.30. The van der Waals surface area contributed by atoms with Gasteiger partial charge in [0.25, 0.3) is 0 Å². The number of aromatic hydroxyl groups is 2. The Labute approximate surface area is 171 Å². The molecule has 3 aromatic carbocycles. The number of benzene rings is 3. The average Bonchev–Trinajstić information content (AvgIpc) is 2.70. The molecular weight excluding hydrogens is 364 g/mol. The Morgan fingerprint density at radius 1 is 0.897 bits per heavy atom. The van der Waals surface area contributed by atoms with Crippen molar-refractivity contribution in [3.8, 4) is 23.0 Å². The van der Waals surface area contributed by atoms with Crippen molar-refractivity contribution in [2.75, 3.05) is 13.7 Å². The number of fused-ring (bicyclic) bond motifs is 1. The zero-order valence-electron chi connectivity index (χ0n) is 17.2. The maximum Gasteiger partial charge on any atom is 0.129 e. The smallest absolute Gasteiger partial charge is 0.129 e. The van der Waals surface area contributed by atoms with Crippen LogP contribution in [0.3, 0.4) is 0 Å². The minimum Gasteiger partial charge on any atom is -0.508 e. The molecule has 0 fully saturated rings. The van der Waals surface area contributed by atoms with E-state index in [1.165, 1.54) is 5.56 Å². The predicted molar refractivity (Wildman–Crippen MR) is 113 cm³/mol. The molecule has 2 atom stereocenters. The average molecular weight is 390 g/mol. The maximum absolute atomic E-state index is 10.2. The van der Waals surface area contributed by atoms with E-state index < -0.39 is 0 Å². The molecule has 1 aliphatic heterocycles. The Morgan fingerprint density at radius 2 is 1.55 bits per heavy atom. The molecule has 0 aromatic heterocycles. The fourth-order valence-electron chi connectivity index (χ4n) is 4.53. The second-order valence-corrected chi connectivity index (χ2v) is 7.80. The first-order chi connectivity index (χ1) is 13.9. The molecule has 1 aliphatic rings. The van der Waals surface area contributed by atoms with Crippen molar-refractivity contribution in [1.29, 1.82) is 0 Å². The molecule has 0 radical (unpaired) electrons. The van der Waals surface area contributed by atoms with Crippen LogP contribution in [-0.4, -0.2) is 23.9 Å². The topological polar surface area (TPSA) is 58.9 Å². The summed E-state index contributed by atoms with van der Waals surface area (Å²) in [7, 11) is 1.70.